The Morgan fingerprint density at radius 3 is 2.86 bits per heavy atom. The molecule has 1 aliphatic carbocycles. The van der Waals surface area contributed by atoms with Gasteiger partial charge in [-0.2, -0.15) is 5.10 Å². The van der Waals surface area contributed by atoms with Gasteiger partial charge in [-0.15, -0.1) is 0 Å². The third-order valence-corrected chi connectivity index (χ3v) is 4.92. The first-order valence-corrected chi connectivity index (χ1v) is 9.26. The Morgan fingerprint density at radius 2 is 2.17 bits per heavy atom. The van der Waals surface area contributed by atoms with Gasteiger partial charge in [0.15, 0.2) is 0 Å². The standard InChI is InChI=1S/C20H20N8O.H2/c21-11-27(16-5-2-6-16)19(22)14-3-1-4-15(9-14)26-20(29)18-10-17(7-8-24-18)28-13-23-12-25-28;/h1,3-4,7-13,16,21-22H,2,5-6H2,(H,26,29);1H. The summed E-state index contributed by atoms with van der Waals surface area (Å²) in [6.07, 6.45) is 8.81. The predicted octanol–water partition coefficient (Wildman–Crippen LogP) is 2.95. The number of rotatable bonds is 6. The molecule has 4 rings (SSSR count). The molecule has 0 unspecified atom stereocenters. The fraction of sp³-hybridized carbons (Fsp3) is 0.200. The molecule has 148 valence electrons. The van der Waals surface area contributed by atoms with E-state index in [-0.39, 0.29) is 24.9 Å². The number of benzene rings is 1. The number of hydrogen-bond donors (Lipinski definition) is 3. The van der Waals surface area contributed by atoms with Crippen LogP contribution in [0.2, 0.25) is 0 Å². The van der Waals surface area contributed by atoms with E-state index in [1.807, 2.05) is 0 Å². The van der Waals surface area contributed by atoms with Gasteiger partial charge in [0, 0.05) is 24.9 Å². The van der Waals surface area contributed by atoms with E-state index in [0.29, 0.717) is 16.9 Å². The largest absolute Gasteiger partial charge is 0.321 e. The molecule has 0 spiro atoms. The second kappa shape index (κ2) is 8.01. The number of aromatic nitrogens is 4. The summed E-state index contributed by atoms with van der Waals surface area (Å²) in [4.78, 5) is 22.4. The second-order valence-corrected chi connectivity index (χ2v) is 6.74. The number of carbonyl (C=O) groups excluding carboxylic acids is 1. The fourth-order valence-corrected chi connectivity index (χ4v) is 3.13. The number of pyridine rings is 1. The summed E-state index contributed by atoms with van der Waals surface area (Å²) < 4.78 is 1.55. The Morgan fingerprint density at radius 1 is 1.31 bits per heavy atom. The summed E-state index contributed by atoms with van der Waals surface area (Å²) >= 11 is 0. The zero-order valence-corrected chi connectivity index (χ0v) is 15.6. The molecule has 1 amide bonds. The van der Waals surface area contributed by atoms with Crippen LogP contribution >= 0.6 is 0 Å². The lowest BCUT2D eigenvalue weighted by Gasteiger charge is -2.36. The van der Waals surface area contributed by atoms with Crippen LogP contribution in [-0.2, 0) is 0 Å². The predicted molar refractivity (Wildman–Crippen MR) is 111 cm³/mol. The maximum absolute atomic E-state index is 12.7. The van der Waals surface area contributed by atoms with Crippen molar-refractivity contribution >= 4 is 23.8 Å². The zero-order valence-electron chi connectivity index (χ0n) is 15.6. The smallest absolute Gasteiger partial charge is 0.274 e. The van der Waals surface area contributed by atoms with Gasteiger partial charge in [-0.3, -0.25) is 20.6 Å². The minimum absolute atomic E-state index is 0. The molecule has 0 saturated heterocycles. The Hall–Kier alpha value is -3.88. The average molecular weight is 390 g/mol. The maximum Gasteiger partial charge on any atom is 0.274 e. The number of nitrogens with one attached hydrogen (secondary N) is 3. The lowest BCUT2D eigenvalue weighted by molar-refractivity contribution is 0.102. The first-order valence-electron chi connectivity index (χ1n) is 9.26. The van der Waals surface area contributed by atoms with Gasteiger partial charge in [0.25, 0.3) is 5.91 Å². The van der Waals surface area contributed by atoms with Crippen molar-refractivity contribution in [2.75, 3.05) is 5.32 Å². The summed E-state index contributed by atoms with van der Waals surface area (Å²) in [6.45, 7) is 0. The molecule has 1 fully saturated rings. The third-order valence-electron chi connectivity index (χ3n) is 4.92. The molecule has 9 heteroatoms. The van der Waals surface area contributed by atoms with E-state index in [4.69, 9.17) is 10.8 Å². The van der Waals surface area contributed by atoms with Crippen molar-refractivity contribution in [1.29, 1.82) is 10.8 Å². The van der Waals surface area contributed by atoms with Crippen LogP contribution in [0.25, 0.3) is 5.69 Å². The van der Waals surface area contributed by atoms with Crippen molar-refractivity contribution < 1.29 is 6.22 Å². The molecule has 3 aromatic rings. The summed E-state index contributed by atoms with van der Waals surface area (Å²) in [5, 5.41) is 22.9. The average Bonchev–Trinajstić information content (AvgIpc) is 3.25. The van der Waals surface area contributed by atoms with Crippen molar-refractivity contribution in [3.63, 3.8) is 0 Å². The molecule has 0 radical (unpaired) electrons. The van der Waals surface area contributed by atoms with Gasteiger partial charge in [-0.05, 0) is 43.5 Å². The fourth-order valence-electron chi connectivity index (χ4n) is 3.13. The third kappa shape index (κ3) is 3.88. The highest BCUT2D eigenvalue weighted by Gasteiger charge is 2.26. The van der Waals surface area contributed by atoms with Gasteiger partial charge in [0.2, 0.25) is 0 Å². The normalized spacial score (nSPS) is 13.4. The monoisotopic (exact) mass is 390 g/mol. The molecule has 1 saturated carbocycles. The number of carbonyl (C=O) groups is 1. The molecule has 29 heavy (non-hydrogen) atoms. The lowest BCUT2D eigenvalue weighted by atomic mass is 9.91. The van der Waals surface area contributed by atoms with Crippen LogP contribution in [0, 0.1) is 10.8 Å². The molecule has 1 aromatic carbocycles. The van der Waals surface area contributed by atoms with Crippen molar-refractivity contribution in [3.8, 4) is 5.69 Å². The summed E-state index contributed by atoms with van der Waals surface area (Å²) in [5.74, 6) is -0.106. The Kier molecular flexibility index (Phi) is 5.10. The molecule has 2 aromatic heterocycles. The molecule has 9 nitrogen and oxygen atoms in total. The maximum atomic E-state index is 12.7. The van der Waals surface area contributed by atoms with E-state index in [9.17, 15) is 4.79 Å². The highest BCUT2D eigenvalue weighted by molar-refractivity contribution is 6.06. The van der Waals surface area contributed by atoms with Crippen LogP contribution in [0.1, 0.15) is 36.7 Å². The summed E-state index contributed by atoms with van der Waals surface area (Å²) in [6, 6.07) is 10.6. The Bertz CT molecular complexity index is 1050. The van der Waals surface area contributed by atoms with Crippen molar-refractivity contribution in [2.24, 2.45) is 0 Å². The quantitative estimate of drug-likeness (QED) is 0.441. The molecular formula is C20H22N8O. The Labute approximate surface area is 168 Å². The molecule has 0 atom stereocenters. The van der Waals surface area contributed by atoms with E-state index in [1.165, 1.54) is 12.7 Å². The number of anilines is 1. The van der Waals surface area contributed by atoms with Crippen LogP contribution in [0.15, 0.2) is 55.2 Å². The van der Waals surface area contributed by atoms with Gasteiger partial charge in [0.1, 0.15) is 24.2 Å². The van der Waals surface area contributed by atoms with E-state index >= 15 is 0 Å². The van der Waals surface area contributed by atoms with E-state index in [1.54, 1.807) is 58.5 Å². The van der Waals surface area contributed by atoms with Gasteiger partial charge < -0.3 is 10.2 Å². The van der Waals surface area contributed by atoms with Crippen molar-refractivity contribution in [3.05, 3.63) is 66.5 Å². The van der Waals surface area contributed by atoms with Gasteiger partial charge in [0.05, 0.1) is 12.0 Å². The number of amidine groups is 1. The van der Waals surface area contributed by atoms with Crippen LogP contribution in [0.4, 0.5) is 5.69 Å². The zero-order chi connectivity index (χ0) is 20.2. The molecule has 0 aliphatic heterocycles. The van der Waals surface area contributed by atoms with Gasteiger partial charge in [-0.1, -0.05) is 12.1 Å². The Balaban J connectivity index is 0.00000256. The van der Waals surface area contributed by atoms with Gasteiger partial charge >= 0.3 is 0 Å². The molecule has 1 aliphatic rings. The van der Waals surface area contributed by atoms with Gasteiger partial charge in [-0.25, -0.2) is 9.67 Å². The van der Waals surface area contributed by atoms with Crippen LogP contribution in [0.5, 0.6) is 0 Å². The van der Waals surface area contributed by atoms with Crippen LogP contribution < -0.4 is 5.32 Å². The minimum atomic E-state index is -0.362. The number of amides is 1. The number of hydrogen-bond acceptors (Lipinski definition) is 6. The highest BCUT2D eigenvalue weighted by atomic mass is 16.1. The SMILES string of the molecule is N=CN(C(=N)c1cccc(NC(=O)c2cc(-n3cncn3)ccn2)c1)C1CCC1.[HH]. The van der Waals surface area contributed by atoms with Crippen LogP contribution in [-0.4, -0.2) is 48.8 Å². The second-order valence-electron chi connectivity index (χ2n) is 6.74. The van der Waals surface area contributed by atoms with Crippen molar-refractivity contribution in [1.82, 2.24) is 24.6 Å². The van der Waals surface area contributed by atoms with E-state index < -0.39 is 0 Å². The lowest BCUT2D eigenvalue weighted by Crippen LogP contribution is -2.43. The molecule has 2 heterocycles. The summed E-state index contributed by atoms with van der Waals surface area (Å²) in [5.41, 5.74) is 2.13. The van der Waals surface area contributed by atoms with Crippen LogP contribution in [0.3, 0.4) is 0 Å². The molecular weight excluding hydrogens is 368 g/mol. The van der Waals surface area contributed by atoms with E-state index in [2.05, 4.69) is 20.4 Å². The summed E-state index contributed by atoms with van der Waals surface area (Å²) in [7, 11) is 0. The highest BCUT2D eigenvalue weighted by Crippen LogP contribution is 2.25. The first kappa shape index (κ1) is 18.5. The number of nitrogens with zero attached hydrogens (tertiary/aromatic N) is 5. The van der Waals surface area contributed by atoms with E-state index in [0.717, 1.165) is 19.3 Å². The molecule has 0 bridgehead atoms. The van der Waals surface area contributed by atoms with Crippen molar-refractivity contribution in [2.45, 2.75) is 25.3 Å². The molecule has 3 N–H and O–H groups in total. The minimum Gasteiger partial charge on any atom is -0.321 e. The first-order chi connectivity index (χ1) is 14.2. The topological polar surface area (TPSA) is 124 Å².